The van der Waals surface area contributed by atoms with E-state index in [0.29, 0.717) is 12.6 Å². The van der Waals surface area contributed by atoms with Gasteiger partial charge in [-0.25, -0.2) is 4.98 Å². The molecule has 24 heavy (non-hydrogen) atoms. The maximum absolute atomic E-state index is 9.29. The van der Waals surface area contributed by atoms with Gasteiger partial charge in [0.2, 0.25) is 0 Å². The minimum absolute atomic E-state index is 0.127. The highest BCUT2D eigenvalue weighted by atomic mass is 16.3. The fraction of sp³-hybridized carbons (Fsp3) is 0.526. The third-order valence-electron chi connectivity index (χ3n) is 5.16. The van der Waals surface area contributed by atoms with Gasteiger partial charge >= 0.3 is 0 Å². The number of fused-ring (bicyclic) bond motifs is 1. The number of pyridine rings is 1. The van der Waals surface area contributed by atoms with E-state index < -0.39 is 0 Å². The van der Waals surface area contributed by atoms with E-state index in [-0.39, 0.29) is 6.61 Å². The molecule has 1 aliphatic heterocycles. The number of nitrogens with zero attached hydrogens (tertiary/aromatic N) is 4. The topological polar surface area (TPSA) is 42.8 Å². The van der Waals surface area contributed by atoms with E-state index in [1.165, 1.54) is 29.3 Å². The van der Waals surface area contributed by atoms with Gasteiger partial charge in [-0.2, -0.15) is 0 Å². The molecule has 0 saturated carbocycles. The summed E-state index contributed by atoms with van der Waals surface area (Å²) in [6, 6.07) is 9.08. The molecule has 1 N–H and O–H groups in total. The van der Waals surface area contributed by atoms with Gasteiger partial charge in [0.1, 0.15) is 5.82 Å². The quantitative estimate of drug-likeness (QED) is 0.911. The first-order chi connectivity index (χ1) is 11.6. The third kappa shape index (κ3) is 3.32. The molecule has 0 atom stereocenters. The van der Waals surface area contributed by atoms with E-state index in [2.05, 4.69) is 53.1 Å². The molecule has 2 heterocycles. The Morgan fingerprint density at radius 1 is 1.21 bits per heavy atom. The first kappa shape index (κ1) is 17.0. The first-order valence-electron chi connectivity index (χ1n) is 8.73. The Balaban J connectivity index is 2.00. The van der Waals surface area contributed by atoms with Crippen molar-refractivity contribution in [2.75, 3.05) is 57.2 Å². The van der Waals surface area contributed by atoms with Crippen molar-refractivity contribution in [1.29, 1.82) is 0 Å². The number of likely N-dealkylation sites (tertiary alicyclic amines) is 1. The lowest BCUT2D eigenvalue weighted by atomic mass is 10.0. The molecule has 1 aliphatic rings. The molecule has 0 unspecified atom stereocenters. The highest BCUT2D eigenvalue weighted by Gasteiger charge is 2.23. The van der Waals surface area contributed by atoms with Crippen molar-refractivity contribution in [3.05, 3.63) is 30.5 Å². The van der Waals surface area contributed by atoms with E-state index in [1.54, 1.807) is 0 Å². The van der Waals surface area contributed by atoms with Crippen molar-refractivity contribution in [3.63, 3.8) is 0 Å². The summed E-state index contributed by atoms with van der Waals surface area (Å²) in [5.74, 6) is 0.942. The summed E-state index contributed by atoms with van der Waals surface area (Å²) in [5, 5.41) is 11.7. The van der Waals surface area contributed by atoms with Crippen LogP contribution >= 0.6 is 0 Å². The largest absolute Gasteiger partial charge is 0.395 e. The number of hydrogen-bond acceptors (Lipinski definition) is 5. The summed E-state index contributed by atoms with van der Waals surface area (Å²) in [6.45, 7) is 3.00. The van der Waals surface area contributed by atoms with Crippen molar-refractivity contribution in [1.82, 2.24) is 9.88 Å². The molecular formula is C19H28N4O. The van der Waals surface area contributed by atoms with Crippen LogP contribution in [0.3, 0.4) is 0 Å². The molecule has 130 valence electrons. The number of aliphatic hydroxyl groups is 1. The number of piperidine rings is 1. The molecule has 0 aliphatic carbocycles. The summed E-state index contributed by atoms with van der Waals surface area (Å²) in [5.41, 5.74) is 1.23. The second kappa shape index (κ2) is 7.36. The third-order valence-corrected chi connectivity index (χ3v) is 5.16. The van der Waals surface area contributed by atoms with Crippen molar-refractivity contribution in [3.8, 4) is 0 Å². The predicted molar refractivity (Wildman–Crippen MR) is 101 cm³/mol. The van der Waals surface area contributed by atoms with E-state index in [1.807, 2.05) is 18.1 Å². The molecular weight excluding hydrogens is 300 g/mol. The molecule has 2 aromatic rings. The summed E-state index contributed by atoms with van der Waals surface area (Å²) in [6.07, 6.45) is 4.22. The van der Waals surface area contributed by atoms with Gasteiger partial charge < -0.3 is 19.8 Å². The minimum atomic E-state index is 0.127. The average molecular weight is 328 g/mol. The Morgan fingerprint density at radius 3 is 2.67 bits per heavy atom. The molecule has 0 bridgehead atoms. The zero-order chi connectivity index (χ0) is 17.1. The molecule has 5 nitrogen and oxygen atoms in total. The zero-order valence-electron chi connectivity index (χ0n) is 14.9. The van der Waals surface area contributed by atoms with Gasteiger partial charge in [0.05, 0.1) is 6.61 Å². The fourth-order valence-electron chi connectivity index (χ4n) is 3.61. The lowest BCUT2D eigenvalue weighted by molar-refractivity contribution is 0.253. The second-order valence-corrected chi connectivity index (χ2v) is 6.80. The molecule has 0 spiro atoms. The van der Waals surface area contributed by atoms with Crippen molar-refractivity contribution in [2.24, 2.45) is 0 Å². The highest BCUT2D eigenvalue weighted by molar-refractivity contribution is 6.02. The van der Waals surface area contributed by atoms with E-state index in [0.717, 1.165) is 18.9 Å². The van der Waals surface area contributed by atoms with Crippen LogP contribution in [-0.4, -0.2) is 68.4 Å². The van der Waals surface area contributed by atoms with Crippen molar-refractivity contribution >= 4 is 22.3 Å². The number of aromatic nitrogens is 1. The van der Waals surface area contributed by atoms with Crippen LogP contribution in [0.15, 0.2) is 30.5 Å². The van der Waals surface area contributed by atoms with Gasteiger partial charge in [-0.15, -0.1) is 0 Å². The number of benzene rings is 1. The van der Waals surface area contributed by atoms with Crippen LogP contribution in [0.2, 0.25) is 0 Å². The van der Waals surface area contributed by atoms with Crippen LogP contribution in [0.5, 0.6) is 0 Å². The Labute approximate surface area is 144 Å². The Morgan fingerprint density at radius 2 is 1.96 bits per heavy atom. The number of likely N-dealkylation sites (N-methyl/N-ethyl adjacent to an activating group) is 1. The van der Waals surface area contributed by atoms with Crippen LogP contribution in [0.25, 0.3) is 10.8 Å². The van der Waals surface area contributed by atoms with Gasteiger partial charge in [0.15, 0.2) is 0 Å². The zero-order valence-corrected chi connectivity index (χ0v) is 14.9. The predicted octanol–water partition coefficient (Wildman–Crippen LogP) is 2.19. The summed E-state index contributed by atoms with van der Waals surface area (Å²) in [4.78, 5) is 11.5. The molecule has 1 fully saturated rings. The fourth-order valence-corrected chi connectivity index (χ4v) is 3.61. The molecule has 0 amide bonds. The van der Waals surface area contributed by atoms with Gasteiger partial charge in [-0.3, -0.25) is 0 Å². The molecule has 1 aromatic carbocycles. The van der Waals surface area contributed by atoms with Crippen LogP contribution in [0.1, 0.15) is 12.8 Å². The summed E-state index contributed by atoms with van der Waals surface area (Å²) < 4.78 is 0. The summed E-state index contributed by atoms with van der Waals surface area (Å²) >= 11 is 0. The number of hydrogen-bond donors (Lipinski definition) is 1. The molecule has 3 rings (SSSR count). The van der Waals surface area contributed by atoms with E-state index in [9.17, 15) is 5.11 Å². The van der Waals surface area contributed by atoms with Gasteiger partial charge in [0.25, 0.3) is 0 Å². The maximum Gasteiger partial charge on any atom is 0.138 e. The van der Waals surface area contributed by atoms with E-state index >= 15 is 0 Å². The monoisotopic (exact) mass is 328 g/mol. The Kier molecular flexibility index (Phi) is 5.21. The lowest BCUT2D eigenvalue weighted by Crippen LogP contribution is -2.42. The minimum Gasteiger partial charge on any atom is -0.395 e. The van der Waals surface area contributed by atoms with Crippen LogP contribution in [-0.2, 0) is 0 Å². The van der Waals surface area contributed by atoms with E-state index in [4.69, 9.17) is 0 Å². The standard InChI is InChI=1S/C19H28N4O/c1-21-11-8-16(9-12-21)23(3)17-6-4-5-15-7-10-20-19(18(15)17)22(2)13-14-24/h4-7,10,16,24H,8-9,11-14H2,1-3H3. The molecule has 5 heteroatoms. The SMILES string of the molecule is CN1CCC(N(C)c2cccc3ccnc(N(C)CCO)c23)CC1. The van der Waals surface area contributed by atoms with Crippen molar-refractivity contribution < 1.29 is 5.11 Å². The van der Waals surface area contributed by atoms with Gasteiger partial charge in [-0.05, 0) is 50.5 Å². The molecule has 1 saturated heterocycles. The van der Waals surface area contributed by atoms with Crippen LogP contribution < -0.4 is 9.80 Å². The number of anilines is 2. The molecule has 0 radical (unpaired) electrons. The number of aliphatic hydroxyl groups excluding tert-OH is 1. The summed E-state index contributed by atoms with van der Waals surface area (Å²) in [7, 11) is 6.39. The average Bonchev–Trinajstić information content (AvgIpc) is 2.61. The first-order valence-corrected chi connectivity index (χ1v) is 8.73. The molecule has 1 aromatic heterocycles. The Hall–Kier alpha value is -1.85. The van der Waals surface area contributed by atoms with Crippen molar-refractivity contribution in [2.45, 2.75) is 18.9 Å². The highest BCUT2D eigenvalue weighted by Crippen LogP contribution is 2.34. The Bertz CT molecular complexity index is 677. The number of rotatable bonds is 5. The normalized spacial score (nSPS) is 16.5. The van der Waals surface area contributed by atoms with Gasteiger partial charge in [-0.1, -0.05) is 12.1 Å². The second-order valence-electron chi connectivity index (χ2n) is 6.80. The van der Waals surface area contributed by atoms with Crippen LogP contribution in [0.4, 0.5) is 11.5 Å². The van der Waals surface area contributed by atoms with Gasteiger partial charge in [0, 0.05) is 44.0 Å². The maximum atomic E-state index is 9.29. The van der Waals surface area contributed by atoms with Crippen LogP contribution in [0, 0.1) is 0 Å². The smallest absolute Gasteiger partial charge is 0.138 e. The lowest BCUT2D eigenvalue weighted by Gasteiger charge is -2.37.